The molecule has 5 heteroatoms. The topological polar surface area (TPSA) is 42.4 Å². The molecule has 0 spiro atoms. The monoisotopic (exact) mass is 260 g/mol. The Kier molecular flexibility index (Phi) is 3.75. The van der Waals surface area contributed by atoms with Crippen molar-refractivity contribution in [2.45, 2.75) is 0 Å². The summed E-state index contributed by atoms with van der Waals surface area (Å²) in [4.78, 5) is 17.0. The molecule has 0 aliphatic rings. The van der Waals surface area contributed by atoms with Crippen LogP contribution in [0.4, 0.5) is 10.1 Å². The van der Waals surface area contributed by atoms with Crippen molar-refractivity contribution in [3.05, 3.63) is 54.1 Å². The molecule has 0 bridgehead atoms. The van der Waals surface area contributed by atoms with E-state index >= 15 is 0 Å². The fourth-order valence-corrected chi connectivity index (χ4v) is 1.65. The summed E-state index contributed by atoms with van der Waals surface area (Å²) in [7, 11) is 3.14. The lowest BCUT2D eigenvalue weighted by Crippen LogP contribution is -2.27. The van der Waals surface area contributed by atoms with Gasteiger partial charge in [0.1, 0.15) is 5.75 Å². The minimum absolute atomic E-state index is 0.0548. The first-order chi connectivity index (χ1) is 9.13. The van der Waals surface area contributed by atoms with Crippen LogP contribution in [0.1, 0.15) is 10.4 Å². The van der Waals surface area contributed by atoms with Crippen LogP contribution in [0.15, 0.2) is 42.6 Å². The molecular formula is C14H13FN2O2. The fraction of sp³-hybridized carbons (Fsp3) is 0.143. The predicted octanol–water partition coefficient (Wildman–Crippen LogP) is 2.51. The highest BCUT2D eigenvalue weighted by Crippen LogP contribution is 2.20. The first-order valence-electron chi connectivity index (χ1n) is 5.66. The van der Waals surface area contributed by atoms with Crippen molar-refractivity contribution < 1.29 is 13.9 Å². The highest BCUT2D eigenvalue weighted by molar-refractivity contribution is 6.05. The molecule has 2 rings (SSSR count). The second kappa shape index (κ2) is 5.48. The van der Waals surface area contributed by atoms with E-state index in [1.807, 2.05) is 0 Å². The third-order valence-electron chi connectivity index (χ3n) is 2.75. The van der Waals surface area contributed by atoms with Gasteiger partial charge in [0, 0.05) is 18.9 Å². The number of methoxy groups -OCH3 is 1. The number of hydrogen-bond acceptors (Lipinski definition) is 3. The zero-order valence-electron chi connectivity index (χ0n) is 10.6. The Morgan fingerprint density at radius 3 is 2.53 bits per heavy atom. The van der Waals surface area contributed by atoms with Crippen molar-refractivity contribution in [2.75, 3.05) is 19.1 Å². The van der Waals surface area contributed by atoms with Crippen LogP contribution in [0.5, 0.6) is 5.75 Å². The van der Waals surface area contributed by atoms with Crippen LogP contribution in [0.3, 0.4) is 0 Å². The SMILES string of the molecule is COc1ccc(N(C)C(=O)c2cccnc2F)cc1. The normalized spacial score (nSPS) is 10.1. The van der Waals surface area contributed by atoms with E-state index in [0.29, 0.717) is 11.4 Å². The van der Waals surface area contributed by atoms with Crippen LogP contribution in [-0.4, -0.2) is 25.0 Å². The molecule has 1 aromatic heterocycles. The summed E-state index contributed by atoms with van der Waals surface area (Å²) < 4.78 is 18.5. The number of halogens is 1. The molecule has 2 aromatic rings. The molecule has 0 aliphatic heterocycles. The van der Waals surface area contributed by atoms with E-state index in [2.05, 4.69) is 4.98 Å². The van der Waals surface area contributed by atoms with Gasteiger partial charge in [-0.1, -0.05) is 0 Å². The van der Waals surface area contributed by atoms with Gasteiger partial charge in [-0.25, -0.2) is 4.98 Å². The van der Waals surface area contributed by atoms with Gasteiger partial charge in [-0.3, -0.25) is 4.79 Å². The van der Waals surface area contributed by atoms with Crippen LogP contribution in [0.25, 0.3) is 0 Å². The van der Waals surface area contributed by atoms with Gasteiger partial charge in [-0.15, -0.1) is 0 Å². The Morgan fingerprint density at radius 2 is 1.95 bits per heavy atom. The Hall–Kier alpha value is -2.43. The maximum Gasteiger partial charge on any atom is 0.262 e. The summed E-state index contributed by atoms with van der Waals surface area (Å²) in [6.07, 6.45) is 1.31. The number of carbonyl (C=O) groups is 1. The highest BCUT2D eigenvalue weighted by Gasteiger charge is 2.17. The summed E-state index contributed by atoms with van der Waals surface area (Å²) in [6, 6.07) is 9.86. The van der Waals surface area contributed by atoms with Crippen LogP contribution >= 0.6 is 0 Å². The molecule has 1 heterocycles. The molecule has 98 valence electrons. The van der Waals surface area contributed by atoms with E-state index in [0.717, 1.165) is 0 Å². The summed E-state index contributed by atoms with van der Waals surface area (Å²) in [5, 5.41) is 0. The quantitative estimate of drug-likeness (QED) is 0.796. The third-order valence-corrected chi connectivity index (χ3v) is 2.75. The number of rotatable bonds is 3. The Morgan fingerprint density at radius 1 is 1.26 bits per heavy atom. The van der Waals surface area contributed by atoms with Crippen molar-refractivity contribution in [3.63, 3.8) is 0 Å². The van der Waals surface area contributed by atoms with Crippen molar-refractivity contribution in [2.24, 2.45) is 0 Å². The number of anilines is 1. The lowest BCUT2D eigenvalue weighted by molar-refractivity contribution is 0.0988. The van der Waals surface area contributed by atoms with Gasteiger partial charge < -0.3 is 9.64 Å². The molecule has 1 aromatic carbocycles. The van der Waals surface area contributed by atoms with Crippen molar-refractivity contribution in [1.82, 2.24) is 4.98 Å². The molecule has 1 amide bonds. The molecule has 0 unspecified atom stereocenters. The molecular weight excluding hydrogens is 247 g/mol. The Bertz CT molecular complexity index is 584. The minimum atomic E-state index is -0.770. The van der Waals surface area contributed by atoms with Gasteiger partial charge in [0.25, 0.3) is 5.91 Å². The number of ether oxygens (including phenoxy) is 1. The molecule has 0 atom stereocenters. The van der Waals surface area contributed by atoms with Gasteiger partial charge in [-0.2, -0.15) is 4.39 Å². The van der Waals surface area contributed by atoms with E-state index in [1.54, 1.807) is 38.4 Å². The van der Waals surface area contributed by atoms with Crippen LogP contribution in [-0.2, 0) is 0 Å². The maximum absolute atomic E-state index is 13.5. The smallest absolute Gasteiger partial charge is 0.262 e. The zero-order chi connectivity index (χ0) is 13.8. The lowest BCUT2D eigenvalue weighted by Gasteiger charge is -2.17. The summed E-state index contributed by atoms with van der Waals surface area (Å²) >= 11 is 0. The summed E-state index contributed by atoms with van der Waals surface area (Å²) in [5.41, 5.74) is 0.592. The number of pyridine rings is 1. The van der Waals surface area contributed by atoms with Crippen LogP contribution in [0.2, 0.25) is 0 Å². The third kappa shape index (κ3) is 2.70. The van der Waals surface area contributed by atoms with E-state index in [4.69, 9.17) is 4.74 Å². The van der Waals surface area contributed by atoms with E-state index in [9.17, 15) is 9.18 Å². The zero-order valence-corrected chi connectivity index (χ0v) is 10.6. The number of carbonyl (C=O) groups excluding carboxylic acids is 1. The molecule has 19 heavy (non-hydrogen) atoms. The summed E-state index contributed by atoms with van der Waals surface area (Å²) in [5.74, 6) is -0.527. The second-order valence-corrected chi connectivity index (χ2v) is 3.90. The van der Waals surface area contributed by atoms with E-state index in [1.165, 1.54) is 23.2 Å². The standard InChI is InChI=1S/C14H13FN2O2/c1-17(10-5-7-11(19-2)8-6-10)14(18)12-4-3-9-16-13(12)15/h3-9H,1-2H3. The van der Waals surface area contributed by atoms with Crippen LogP contribution < -0.4 is 9.64 Å². The van der Waals surface area contributed by atoms with Crippen molar-refractivity contribution in [3.8, 4) is 5.75 Å². The predicted molar refractivity (Wildman–Crippen MR) is 69.9 cm³/mol. The molecule has 0 saturated heterocycles. The molecule has 0 radical (unpaired) electrons. The van der Waals surface area contributed by atoms with Gasteiger partial charge in [0.2, 0.25) is 5.95 Å². The average Bonchev–Trinajstić information content (AvgIpc) is 2.46. The number of amides is 1. The minimum Gasteiger partial charge on any atom is -0.497 e. The van der Waals surface area contributed by atoms with Gasteiger partial charge in [0.15, 0.2) is 0 Å². The first-order valence-corrected chi connectivity index (χ1v) is 5.66. The summed E-state index contributed by atoms with van der Waals surface area (Å²) in [6.45, 7) is 0. The Labute approximate surface area is 110 Å². The number of nitrogens with zero attached hydrogens (tertiary/aromatic N) is 2. The average molecular weight is 260 g/mol. The maximum atomic E-state index is 13.5. The lowest BCUT2D eigenvalue weighted by atomic mass is 10.2. The molecule has 0 fully saturated rings. The molecule has 0 N–H and O–H groups in total. The molecule has 0 aliphatic carbocycles. The number of hydrogen-bond donors (Lipinski definition) is 0. The van der Waals surface area contributed by atoms with Crippen molar-refractivity contribution >= 4 is 11.6 Å². The highest BCUT2D eigenvalue weighted by atomic mass is 19.1. The molecule has 0 saturated carbocycles. The fourth-order valence-electron chi connectivity index (χ4n) is 1.65. The van der Waals surface area contributed by atoms with E-state index in [-0.39, 0.29) is 5.56 Å². The Balaban J connectivity index is 2.26. The van der Waals surface area contributed by atoms with Crippen molar-refractivity contribution in [1.29, 1.82) is 0 Å². The van der Waals surface area contributed by atoms with E-state index < -0.39 is 11.9 Å². The van der Waals surface area contributed by atoms with Crippen LogP contribution in [0, 0.1) is 5.95 Å². The van der Waals surface area contributed by atoms with Gasteiger partial charge >= 0.3 is 0 Å². The van der Waals surface area contributed by atoms with Gasteiger partial charge in [-0.05, 0) is 36.4 Å². The number of benzene rings is 1. The largest absolute Gasteiger partial charge is 0.497 e. The van der Waals surface area contributed by atoms with Gasteiger partial charge in [0.05, 0.1) is 12.7 Å². The number of aromatic nitrogens is 1. The second-order valence-electron chi connectivity index (χ2n) is 3.90. The molecule has 4 nitrogen and oxygen atoms in total. The first kappa shape index (κ1) is 13.0.